The zero-order valence-electron chi connectivity index (χ0n) is 13.6. The normalized spacial score (nSPS) is 16.2. The number of pyridine rings is 1. The van der Waals surface area contributed by atoms with Gasteiger partial charge in [0, 0.05) is 43.0 Å². The van der Waals surface area contributed by atoms with Gasteiger partial charge < -0.3 is 16.0 Å². The predicted octanol–water partition coefficient (Wildman–Crippen LogP) is 1.98. The minimum atomic E-state index is -0.246. The van der Waals surface area contributed by atoms with Crippen molar-refractivity contribution in [3.8, 4) is 0 Å². The van der Waals surface area contributed by atoms with Crippen LogP contribution in [0.3, 0.4) is 0 Å². The molecule has 2 aromatic rings. The maximum atomic E-state index is 12.2. The van der Waals surface area contributed by atoms with Gasteiger partial charge in [-0.1, -0.05) is 11.6 Å². The predicted molar refractivity (Wildman–Crippen MR) is 96.9 cm³/mol. The number of hydrogen-bond donors (Lipinski definition) is 3. The van der Waals surface area contributed by atoms with Crippen molar-refractivity contribution in [3.63, 3.8) is 0 Å². The summed E-state index contributed by atoms with van der Waals surface area (Å²) >= 11 is 7.14. The molecule has 0 aliphatic carbocycles. The molecule has 0 spiro atoms. The lowest BCUT2D eigenvalue weighted by Gasteiger charge is -2.18. The quantitative estimate of drug-likeness (QED) is 0.738. The maximum Gasteiger partial charge on any atom is 0.280 e. The minimum Gasteiger partial charge on any atom is -0.349 e. The van der Waals surface area contributed by atoms with Crippen LogP contribution >= 0.6 is 22.9 Å². The summed E-state index contributed by atoms with van der Waals surface area (Å²) in [5, 5.41) is 9.67. The number of nitrogens with zero attached hydrogens (tertiary/aromatic N) is 2. The molecule has 132 valence electrons. The molecule has 3 rings (SSSR count). The first-order valence-corrected chi connectivity index (χ1v) is 9.12. The zero-order valence-corrected chi connectivity index (χ0v) is 15.2. The smallest absolute Gasteiger partial charge is 0.280 e. The first-order valence-electron chi connectivity index (χ1n) is 7.93. The Labute approximate surface area is 154 Å². The van der Waals surface area contributed by atoms with Crippen LogP contribution in [0.2, 0.25) is 5.02 Å². The molecule has 0 radical (unpaired) electrons. The molecule has 0 saturated carbocycles. The van der Waals surface area contributed by atoms with Gasteiger partial charge in [0.2, 0.25) is 5.91 Å². The molecule has 7 nitrogen and oxygen atoms in total. The van der Waals surface area contributed by atoms with Crippen LogP contribution in [0.1, 0.15) is 33.7 Å². The fourth-order valence-corrected chi connectivity index (χ4v) is 3.50. The van der Waals surface area contributed by atoms with E-state index in [1.165, 1.54) is 17.5 Å². The molecule has 2 amide bonds. The van der Waals surface area contributed by atoms with Crippen molar-refractivity contribution in [2.45, 2.75) is 32.4 Å². The van der Waals surface area contributed by atoms with Crippen molar-refractivity contribution in [3.05, 3.63) is 38.9 Å². The van der Waals surface area contributed by atoms with E-state index in [0.29, 0.717) is 21.9 Å². The Bertz CT molecular complexity index is 777. The van der Waals surface area contributed by atoms with E-state index in [1.807, 2.05) is 0 Å². The van der Waals surface area contributed by atoms with Gasteiger partial charge in [-0.3, -0.25) is 9.59 Å². The zero-order chi connectivity index (χ0) is 17.8. The number of nitrogens with one attached hydrogen (secondary N) is 3. The number of amides is 2. The number of fused-ring (bicyclic) bond motifs is 1. The number of anilines is 1. The third kappa shape index (κ3) is 4.75. The summed E-state index contributed by atoms with van der Waals surface area (Å²) in [5.41, 5.74) is 0.993. The highest BCUT2D eigenvalue weighted by Gasteiger charge is 2.21. The third-order valence-electron chi connectivity index (χ3n) is 3.72. The van der Waals surface area contributed by atoms with Crippen LogP contribution in [0.25, 0.3) is 0 Å². The van der Waals surface area contributed by atoms with Crippen molar-refractivity contribution in [2.24, 2.45) is 0 Å². The van der Waals surface area contributed by atoms with Gasteiger partial charge in [-0.2, -0.15) is 0 Å². The highest BCUT2D eigenvalue weighted by molar-refractivity contribution is 7.13. The summed E-state index contributed by atoms with van der Waals surface area (Å²) in [5.74, 6) is -0.0500. The number of hydrogen-bond acceptors (Lipinski definition) is 6. The van der Waals surface area contributed by atoms with Gasteiger partial charge in [-0.25, -0.2) is 9.97 Å². The molecule has 0 bridgehead atoms. The molecule has 0 fully saturated rings. The fraction of sp³-hybridized carbons (Fsp3) is 0.375. The van der Waals surface area contributed by atoms with Gasteiger partial charge in [0.1, 0.15) is 5.82 Å². The lowest BCUT2D eigenvalue weighted by atomic mass is 10.1. The van der Waals surface area contributed by atoms with Crippen LogP contribution in [-0.2, 0) is 17.8 Å². The number of carbonyl (C=O) groups excluding carboxylic acids is 2. The summed E-state index contributed by atoms with van der Waals surface area (Å²) in [7, 11) is 0. The molecule has 2 aromatic heterocycles. The summed E-state index contributed by atoms with van der Waals surface area (Å²) in [4.78, 5) is 33.5. The van der Waals surface area contributed by atoms with Crippen molar-refractivity contribution >= 4 is 40.6 Å². The molecule has 25 heavy (non-hydrogen) atoms. The van der Waals surface area contributed by atoms with Gasteiger partial charge in [-0.05, 0) is 19.1 Å². The Morgan fingerprint density at radius 3 is 3.04 bits per heavy atom. The minimum absolute atomic E-state index is 0.153. The number of halogens is 1. The number of carbonyl (C=O) groups is 2. The van der Waals surface area contributed by atoms with Crippen LogP contribution in [0.5, 0.6) is 0 Å². The van der Waals surface area contributed by atoms with Gasteiger partial charge in [0.25, 0.3) is 5.91 Å². The largest absolute Gasteiger partial charge is 0.349 e. The molecule has 1 aliphatic rings. The second-order valence-corrected chi connectivity index (χ2v) is 7.31. The van der Waals surface area contributed by atoms with Crippen LogP contribution in [0.15, 0.2) is 18.3 Å². The van der Waals surface area contributed by atoms with E-state index in [9.17, 15) is 9.59 Å². The summed E-state index contributed by atoms with van der Waals surface area (Å²) in [6.07, 6.45) is 2.44. The van der Waals surface area contributed by atoms with E-state index in [-0.39, 0.29) is 24.8 Å². The summed E-state index contributed by atoms with van der Waals surface area (Å²) in [6.45, 7) is 3.07. The topological polar surface area (TPSA) is 96.0 Å². The van der Waals surface area contributed by atoms with Crippen LogP contribution in [-0.4, -0.2) is 34.4 Å². The molecule has 3 N–H and O–H groups in total. The van der Waals surface area contributed by atoms with Crippen molar-refractivity contribution in [2.75, 3.05) is 11.9 Å². The molecule has 1 unspecified atom stereocenters. The number of thiazole rings is 1. The van der Waals surface area contributed by atoms with Gasteiger partial charge >= 0.3 is 0 Å². The maximum absolute atomic E-state index is 12.2. The highest BCUT2D eigenvalue weighted by atomic mass is 35.5. The highest BCUT2D eigenvalue weighted by Crippen LogP contribution is 2.23. The first kappa shape index (κ1) is 17.8. The molecule has 3 heterocycles. The fourth-order valence-electron chi connectivity index (χ4n) is 2.43. The summed E-state index contributed by atoms with van der Waals surface area (Å²) in [6, 6.07) is 3.63. The average molecular weight is 380 g/mol. The third-order valence-corrected chi connectivity index (χ3v) is 5.04. The van der Waals surface area contributed by atoms with Crippen molar-refractivity contribution in [1.82, 2.24) is 20.6 Å². The SMILES string of the molecule is CC1Cc2nc(C(=O)NCCC(=O)Nc3ccc(Cl)cn3)sc2CN1. The van der Waals surface area contributed by atoms with E-state index in [0.717, 1.165) is 23.5 Å². The lowest BCUT2D eigenvalue weighted by Crippen LogP contribution is -2.32. The molecule has 0 aromatic carbocycles. The molecule has 9 heteroatoms. The second-order valence-electron chi connectivity index (χ2n) is 5.79. The Morgan fingerprint density at radius 1 is 1.44 bits per heavy atom. The van der Waals surface area contributed by atoms with Gasteiger partial charge in [0.15, 0.2) is 5.01 Å². The van der Waals surface area contributed by atoms with E-state index in [4.69, 9.17) is 11.6 Å². The Hall–Kier alpha value is -2.03. The Morgan fingerprint density at radius 2 is 2.28 bits per heavy atom. The van der Waals surface area contributed by atoms with E-state index in [2.05, 4.69) is 32.8 Å². The van der Waals surface area contributed by atoms with E-state index in [1.54, 1.807) is 12.1 Å². The van der Waals surface area contributed by atoms with Gasteiger partial charge in [-0.15, -0.1) is 11.3 Å². The van der Waals surface area contributed by atoms with Crippen LogP contribution < -0.4 is 16.0 Å². The Balaban J connectivity index is 1.46. The first-order chi connectivity index (χ1) is 12.0. The van der Waals surface area contributed by atoms with Crippen molar-refractivity contribution in [1.29, 1.82) is 0 Å². The van der Waals surface area contributed by atoms with Crippen LogP contribution in [0, 0.1) is 0 Å². The number of rotatable bonds is 5. The lowest BCUT2D eigenvalue weighted by molar-refractivity contribution is -0.116. The molecule has 0 saturated heterocycles. The van der Waals surface area contributed by atoms with Crippen molar-refractivity contribution < 1.29 is 9.59 Å². The molecule has 1 aliphatic heterocycles. The van der Waals surface area contributed by atoms with Crippen LogP contribution in [0.4, 0.5) is 5.82 Å². The number of aromatic nitrogens is 2. The van der Waals surface area contributed by atoms with Gasteiger partial charge in [0.05, 0.1) is 10.7 Å². The summed E-state index contributed by atoms with van der Waals surface area (Å²) < 4.78 is 0. The monoisotopic (exact) mass is 379 g/mol. The van der Waals surface area contributed by atoms with E-state index < -0.39 is 0 Å². The van der Waals surface area contributed by atoms with E-state index >= 15 is 0 Å². The molecular weight excluding hydrogens is 362 g/mol. The average Bonchev–Trinajstić information content (AvgIpc) is 3.00. The molecule has 1 atom stereocenters. The standard InChI is InChI=1S/C16H18ClN5O2S/c1-9-6-11-12(8-19-9)25-16(21-11)15(24)18-5-4-14(23)22-13-3-2-10(17)7-20-13/h2-3,7,9,19H,4-6,8H2,1H3,(H,18,24)(H,20,22,23). The second kappa shape index (κ2) is 7.90. The molecular formula is C16H18ClN5O2S. The Kier molecular flexibility index (Phi) is 5.62.